The normalized spacial score (nSPS) is 10.5. The fourth-order valence-corrected chi connectivity index (χ4v) is 2.61. The molecule has 0 aliphatic carbocycles. The Hall–Kier alpha value is -2.63. The van der Waals surface area contributed by atoms with Gasteiger partial charge in [0.1, 0.15) is 5.75 Å². The van der Waals surface area contributed by atoms with E-state index in [1.165, 1.54) is 12.1 Å². The van der Waals surface area contributed by atoms with Crippen molar-refractivity contribution in [2.75, 3.05) is 0 Å². The highest BCUT2D eigenvalue weighted by Crippen LogP contribution is 2.29. The molecule has 0 atom stereocenters. The minimum absolute atomic E-state index is 0.313. The van der Waals surface area contributed by atoms with Crippen LogP contribution in [0.25, 0.3) is 11.3 Å². The summed E-state index contributed by atoms with van der Waals surface area (Å²) in [4.78, 5) is 24.2. The van der Waals surface area contributed by atoms with Gasteiger partial charge in [0.15, 0.2) is 0 Å². The molecule has 2 aromatic carbocycles. The highest BCUT2D eigenvalue weighted by molar-refractivity contribution is 6.36. The maximum atomic E-state index is 12.2. The van der Waals surface area contributed by atoms with Gasteiger partial charge in [-0.05, 0) is 42.8 Å². The van der Waals surface area contributed by atoms with Gasteiger partial charge in [0, 0.05) is 21.7 Å². The van der Waals surface area contributed by atoms with E-state index in [4.69, 9.17) is 27.9 Å². The number of aromatic nitrogens is 2. The first-order chi connectivity index (χ1) is 12.0. The highest BCUT2D eigenvalue weighted by atomic mass is 35.5. The van der Waals surface area contributed by atoms with E-state index in [9.17, 15) is 9.59 Å². The Bertz CT molecular complexity index is 978. The molecule has 3 rings (SSSR count). The zero-order chi connectivity index (χ0) is 18.0. The van der Waals surface area contributed by atoms with Gasteiger partial charge in [-0.3, -0.25) is 4.79 Å². The average molecular weight is 375 g/mol. The number of nitrogens with zero attached hydrogens (tertiary/aromatic N) is 2. The van der Waals surface area contributed by atoms with E-state index >= 15 is 0 Å². The van der Waals surface area contributed by atoms with Gasteiger partial charge in [-0.25, -0.2) is 4.79 Å². The molecule has 0 unspecified atom stereocenters. The average Bonchev–Trinajstić information content (AvgIpc) is 2.60. The zero-order valence-electron chi connectivity index (χ0n) is 13.1. The molecule has 0 spiro atoms. The summed E-state index contributed by atoms with van der Waals surface area (Å²) in [6.07, 6.45) is -0.901. The van der Waals surface area contributed by atoms with Gasteiger partial charge in [0.05, 0.1) is 5.69 Å². The van der Waals surface area contributed by atoms with Crippen LogP contribution in [-0.4, -0.2) is 15.9 Å². The first kappa shape index (κ1) is 17.2. The van der Waals surface area contributed by atoms with Crippen LogP contribution in [0.2, 0.25) is 10.0 Å². The van der Waals surface area contributed by atoms with Crippen molar-refractivity contribution in [2.24, 2.45) is 0 Å². The Kier molecular flexibility index (Phi) is 4.88. The van der Waals surface area contributed by atoms with Gasteiger partial charge >= 0.3 is 6.09 Å². The molecular weight excluding hydrogens is 363 g/mol. The number of carbonyl (C=O) groups excluding carboxylic acids is 1. The summed E-state index contributed by atoms with van der Waals surface area (Å²) in [5.41, 5.74) is 1.09. The van der Waals surface area contributed by atoms with Crippen molar-refractivity contribution in [3.8, 4) is 17.0 Å². The standard InChI is InChI=1S/C18H12Cl2N2O3/c1-11-14(19)9-12(10-15(11)20)16-7-8-17(23)22(21-16)18(24)25-13-5-3-2-4-6-13/h2-10H,1H3. The van der Waals surface area contributed by atoms with Crippen LogP contribution in [0.4, 0.5) is 4.79 Å². The molecule has 0 N–H and O–H groups in total. The van der Waals surface area contributed by atoms with Crippen LogP contribution in [0.5, 0.6) is 5.75 Å². The Morgan fingerprint density at radius 2 is 1.68 bits per heavy atom. The lowest BCUT2D eigenvalue weighted by molar-refractivity contribution is 0.197. The molecule has 25 heavy (non-hydrogen) atoms. The lowest BCUT2D eigenvalue weighted by atomic mass is 10.1. The Balaban J connectivity index is 1.98. The monoisotopic (exact) mass is 374 g/mol. The SMILES string of the molecule is Cc1c(Cl)cc(-c2ccc(=O)n(C(=O)Oc3ccccc3)n2)cc1Cl. The summed E-state index contributed by atoms with van der Waals surface area (Å²) in [7, 11) is 0. The van der Waals surface area contributed by atoms with Crippen LogP contribution in [0.3, 0.4) is 0 Å². The van der Waals surface area contributed by atoms with Crippen LogP contribution < -0.4 is 10.3 Å². The number of halogens is 2. The Morgan fingerprint density at radius 1 is 1.04 bits per heavy atom. The lowest BCUT2D eigenvalue weighted by Crippen LogP contribution is -2.31. The summed E-state index contributed by atoms with van der Waals surface area (Å²) in [5, 5.41) is 5.00. The third-order valence-electron chi connectivity index (χ3n) is 3.50. The van der Waals surface area contributed by atoms with E-state index in [0.717, 1.165) is 5.56 Å². The molecule has 0 amide bonds. The number of hydrogen-bond donors (Lipinski definition) is 0. The molecule has 3 aromatic rings. The molecule has 7 heteroatoms. The number of benzene rings is 2. The van der Waals surface area contributed by atoms with E-state index in [-0.39, 0.29) is 0 Å². The van der Waals surface area contributed by atoms with Crippen molar-refractivity contribution in [3.05, 3.63) is 80.6 Å². The van der Waals surface area contributed by atoms with Crippen LogP contribution in [-0.2, 0) is 0 Å². The minimum Gasteiger partial charge on any atom is -0.409 e. The summed E-state index contributed by atoms with van der Waals surface area (Å²) in [6.45, 7) is 1.79. The second-order valence-electron chi connectivity index (χ2n) is 5.21. The molecule has 0 bridgehead atoms. The molecule has 0 saturated heterocycles. The van der Waals surface area contributed by atoms with E-state index in [1.54, 1.807) is 49.4 Å². The van der Waals surface area contributed by atoms with Crippen molar-refractivity contribution in [2.45, 2.75) is 6.92 Å². The second kappa shape index (κ2) is 7.09. The fourth-order valence-electron chi connectivity index (χ4n) is 2.12. The number of ether oxygens (including phenoxy) is 1. The van der Waals surface area contributed by atoms with Gasteiger partial charge in [-0.15, -0.1) is 4.68 Å². The Morgan fingerprint density at radius 3 is 2.32 bits per heavy atom. The van der Waals surface area contributed by atoms with Gasteiger partial charge < -0.3 is 4.74 Å². The van der Waals surface area contributed by atoms with Crippen molar-refractivity contribution in [3.63, 3.8) is 0 Å². The molecule has 0 fully saturated rings. The molecule has 126 valence electrons. The van der Waals surface area contributed by atoms with E-state index in [1.807, 2.05) is 0 Å². The summed E-state index contributed by atoms with van der Waals surface area (Å²) in [5.74, 6) is 0.313. The van der Waals surface area contributed by atoms with E-state index < -0.39 is 11.7 Å². The van der Waals surface area contributed by atoms with Gasteiger partial charge in [0.25, 0.3) is 5.56 Å². The number of para-hydroxylation sites is 1. The molecule has 5 nitrogen and oxygen atoms in total. The first-order valence-corrected chi connectivity index (χ1v) is 8.05. The topological polar surface area (TPSA) is 61.2 Å². The van der Waals surface area contributed by atoms with Gasteiger partial charge in [0.2, 0.25) is 0 Å². The maximum Gasteiger partial charge on any atom is 0.443 e. The number of hydrogen-bond acceptors (Lipinski definition) is 4. The fraction of sp³-hybridized carbons (Fsp3) is 0.0556. The summed E-state index contributed by atoms with van der Waals surface area (Å²) >= 11 is 12.3. The van der Waals surface area contributed by atoms with Crippen LogP contribution >= 0.6 is 23.2 Å². The molecule has 0 aliphatic rings. The molecule has 1 aromatic heterocycles. The summed E-state index contributed by atoms with van der Waals surface area (Å²) in [6, 6.07) is 14.5. The second-order valence-corrected chi connectivity index (χ2v) is 6.03. The van der Waals surface area contributed by atoms with Crippen LogP contribution in [0, 0.1) is 6.92 Å². The number of carbonyl (C=O) groups is 1. The molecular formula is C18H12Cl2N2O3. The van der Waals surface area contributed by atoms with Gasteiger partial charge in [-0.2, -0.15) is 5.10 Å². The highest BCUT2D eigenvalue weighted by Gasteiger charge is 2.14. The van der Waals surface area contributed by atoms with Crippen LogP contribution in [0.1, 0.15) is 5.56 Å². The third kappa shape index (κ3) is 3.73. The summed E-state index contributed by atoms with van der Waals surface area (Å²) < 4.78 is 5.80. The van der Waals surface area contributed by atoms with Crippen molar-refractivity contribution >= 4 is 29.3 Å². The van der Waals surface area contributed by atoms with Gasteiger partial charge in [-0.1, -0.05) is 41.4 Å². The maximum absolute atomic E-state index is 12.2. The molecule has 0 radical (unpaired) electrons. The van der Waals surface area contributed by atoms with E-state index in [2.05, 4.69) is 5.10 Å². The lowest BCUT2D eigenvalue weighted by Gasteiger charge is -2.09. The zero-order valence-corrected chi connectivity index (χ0v) is 14.6. The number of rotatable bonds is 2. The first-order valence-electron chi connectivity index (χ1n) is 7.29. The molecule has 0 saturated carbocycles. The minimum atomic E-state index is -0.901. The molecule has 0 aliphatic heterocycles. The predicted octanol–water partition coefficient (Wildman–Crippen LogP) is 4.57. The Labute approximate surface area is 153 Å². The quantitative estimate of drug-likeness (QED) is 0.658. The van der Waals surface area contributed by atoms with Crippen molar-refractivity contribution < 1.29 is 9.53 Å². The van der Waals surface area contributed by atoms with Crippen molar-refractivity contribution in [1.29, 1.82) is 0 Å². The third-order valence-corrected chi connectivity index (χ3v) is 4.28. The predicted molar refractivity (Wildman–Crippen MR) is 96.6 cm³/mol. The van der Waals surface area contributed by atoms with Crippen LogP contribution in [0.15, 0.2) is 59.4 Å². The van der Waals surface area contributed by atoms with E-state index in [0.29, 0.717) is 31.7 Å². The largest absolute Gasteiger partial charge is 0.443 e. The smallest absolute Gasteiger partial charge is 0.409 e. The molecule has 1 heterocycles. The van der Waals surface area contributed by atoms with Crippen molar-refractivity contribution in [1.82, 2.24) is 9.78 Å².